The molecule has 3 aromatic rings. The molecular formula is C22H20F3N5O2S. The lowest BCUT2D eigenvalue weighted by molar-refractivity contribution is -0.274. The fourth-order valence-electron chi connectivity index (χ4n) is 3.39. The van der Waals surface area contributed by atoms with Crippen LogP contribution in [0.4, 0.5) is 18.3 Å². The molecule has 33 heavy (non-hydrogen) atoms. The van der Waals surface area contributed by atoms with E-state index >= 15 is 0 Å². The fourth-order valence-corrected chi connectivity index (χ4v) is 4.18. The van der Waals surface area contributed by atoms with Crippen molar-refractivity contribution in [1.29, 1.82) is 0 Å². The number of benzene rings is 1. The molecule has 0 aliphatic heterocycles. The van der Waals surface area contributed by atoms with Crippen LogP contribution < -0.4 is 10.1 Å². The molecule has 2 aromatic heterocycles. The van der Waals surface area contributed by atoms with E-state index in [0.29, 0.717) is 10.7 Å². The largest absolute Gasteiger partial charge is 0.573 e. The summed E-state index contributed by atoms with van der Waals surface area (Å²) in [5.41, 5.74) is 3.52. The predicted molar refractivity (Wildman–Crippen MR) is 117 cm³/mol. The molecule has 0 spiro atoms. The lowest BCUT2D eigenvalue weighted by Crippen LogP contribution is -2.17. The van der Waals surface area contributed by atoms with Gasteiger partial charge in [-0.2, -0.15) is 10.2 Å². The first kappa shape index (κ1) is 22.8. The van der Waals surface area contributed by atoms with Gasteiger partial charge in [0, 0.05) is 12.8 Å². The van der Waals surface area contributed by atoms with E-state index in [1.807, 2.05) is 0 Å². The molecular weight excluding hydrogens is 455 g/mol. The summed E-state index contributed by atoms with van der Waals surface area (Å²) >= 11 is 1.28. The van der Waals surface area contributed by atoms with E-state index < -0.39 is 12.3 Å². The van der Waals surface area contributed by atoms with E-state index in [-0.39, 0.29) is 12.2 Å². The van der Waals surface area contributed by atoms with Gasteiger partial charge in [-0.25, -0.2) is 0 Å². The number of alkyl halides is 3. The van der Waals surface area contributed by atoms with Crippen LogP contribution in [0.25, 0.3) is 6.08 Å². The van der Waals surface area contributed by atoms with Crippen molar-refractivity contribution in [2.24, 2.45) is 0 Å². The maximum atomic E-state index is 12.3. The monoisotopic (exact) mass is 475 g/mol. The highest BCUT2D eigenvalue weighted by Crippen LogP contribution is 2.24. The van der Waals surface area contributed by atoms with Crippen LogP contribution in [-0.2, 0) is 30.5 Å². The molecule has 1 amide bonds. The highest BCUT2D eigenvalue weighted by molar-refractivity contribution is 7.15. The normalized spacial score (nSPS) is 12.6. The zero-order chi connectivity index (χ0) is 23.3. The number of aromatic nitrogens is 4. The van der Waals surface area contributed by atoms with Crippen molar-refractivity contribution in [3.05, 3.63) is 63.9 Å². The molecule has 0 radical (unpaired) electrons. The summed E-state index contributed by atoms with van der Waals surface area (Å²) in [7, 11) is 0. The quantitative estimate of drug-likeness (QED) is 0.457. The van der Waals surface area contributed by atoms with Crippen molar-refractivity contribution in [2.75, 3.05) is 5.32 Å². The Morgan fingerprint density at radius 2 is 1.94 bits per heavy atom. The second-order valence-corrected chi connectivity index (χ2v) is 8.53. The van der Waals surface area contributed by atoms with Crippen LogP contribution in [0.2, 0.25) is 0 Å². The number of aryl methyl sites for hydroxylation is 2. The molecule has 1 aromatic carbocycles. The van der Waals surface area contributed by atoms with E-state index in [9.17, 15) is 18.0 Å². The average Bonchev–Trinajstić information content (AvgIpc) is 3.39. The highest BCUT2D eigenvalue weighted by Gasteiger charge is 2.31. The van der Waals surface area contributed by atoms with Crippen molar-refractivity contribution in [2.45, 2.75) is 44.9 Å². The standard InChI is InChI=1S/C22H20F3N5O2S/c23-22(24,25)32-17-8-3-5-14(11-17)12-19(31)26-21-30-29-20(33-21)10-2-1-7-16-13-15-6-4-9-18(15)28-27-16/h3-6,8,11,13H,1-2,7,9-10,12H2,(H,26,30,31). The number of carbonyl (C=O) groups is 1. The third-order valence-corrected chi connectivity index (χ3v) is 5.75. The van der Waals surface area contributed by atoms with E-state index in [2.05, 4.69) is 48.7 Å². The molecule has 4 rings (SSSR count). The van der Waals surface area contributed by atoms with Crippen LogP contribution in [0.3, 0.4) is 0 Å². The minimum Gasteiger partial charge on any atom is -0.406 e. The Morgan fingerprint density at radius 3 is 2.79 bits per heavy atom. The zero-order valence-electron chi connectivity index (χ0n) is 17.4. The van der Waals surface area contributed by atoms with Gasteiger partial charge in [0.15, 0.2) is 0 Å². The number of hydrogen-bond acceptors (Lipinski definition) is 7. The second-order valence-electron chi connectivity index (χ2n) is 7.47. The number of nitrogens with one attached hydrogen (secondary N) is 1. The third kappa shape index (κ3) is 6.82. The molecule has 0 fully saturated rings. The predicted octanol–water partition coefficient (Wildman–Crippen LogP) is 4.54. The van der Waals surface area contributed by atoms with Crippen LogP contribution in [0.15, 0.2) is 36.4 Å². The van der Waals surface area contributed by atoms with Gasteiger partial charge in [0.1, 0.15) is 10.8 Å². The molecule has 1 aliphatic rings. The fraction of sp³-hybridized carbons (Fsp3) is 0.318. The Balaban J connectivity index is 1.21. The maximum absolute atomic E-state index is 12.3. The summed E-state index contributed by atoms with van der Waals surface area (Å²) in [6.07, 6.45) is 3.47. The van der Waals surface area contributed by atoms with E-state index in [0.717, 1.165) is 54.1 Å². The maximum Gasteiger partial charge on any atom is 0.573 e. The molecule has 0 bridgehead atoms. The smallest absolute Gasteiger partial charge is 0.406 e. The van der Waals surface area contributed by atoms with Gasteiger partial charge < -0.3 is 10.1 Å². The molecule has 2 heterocycles. The lowest BCUT2D eigenvalue weighted by Gasteiger charge is -2.09. The van der Waals surface area contributed by atoms with E-state index in [1.165, 1.54) is 29.5 Å². The number of anilines is 1. The van der Waals surface area contributed by atoms with E-state index in [4.69, 9.17) is 0 Å². The van der Waals surface area contributed by atoms with Crippen molar-refractivity contribution in [1.82, 2.24) is 20.4 Å². The summed E-state index contributed by atoms with van der Waals surface area (Å²) < 4.78 is 40.9. The Labute approximate surface area is 191 Å². The molecule has 11 heteroatoms. The minimum absolute atomic E-state index is 0.110. The van der Waals surface area contributed by atoms with Crippen LogP contribution in [0.5, 0.6) is 5.75 Å². The van der Waals surface area contributed by atoms with Gasteiger partial charge in [0.25, 0.3) is 0 Å². The molecule has 1 aliphatic carbocycles. The summed E-state index contributed by atoms with van der Waals surface area (Å²) in [5, 5.41) is 20.4. The molecule has 172 valence electrons. The molecule has 0 saturated carbocycles. The summed E-state index contributed by atoms with van der Waals surface area (Å²) in [6, 6.07) is 7.39. The van der Waals surface area contributed by atoms with Crippen molar-refractivity contribution < 1.29 is 22.7 Å². The van der Waals surface area contributed by atoms with Gasteiger partial charge in [0.05, 0.1) is 17.8 Å². The third-order valence-electron chi connectivity index (χ3n) is 4.85. The highest BCUT2D eigenvalue weighted by atomic mass is 32.1. The second kappa shape index (κ2) is 10.1. The van der Waals surface area contributed by atoms with Crippen LogP contribution in [-0.4, -0.2) is 32.7 Å². The Morgan fingerprint density at radius 1 is 1.09 bits per heavy atom. The van der Waals surface area contributed by atoms with Gasteiger partial charge in [-0.15, -0.1) is 23.4 Å². The number of fused-ring (bicyclic) bond motifs is 1. The topological polar surface area (TPSA) is 89.9 Å². The number of amides is 1. The SMILES string of the molecule is O=C(Cc1cccc(OC(F)(F)F)c1)Nc1nnc(CCCCc2cc3c(nn2)CC=C3)s1. The van der Waals surface area contributed by atoms with Gasteiger partial charge in [0.2, 0.25) is 11.0 Å². The Bertz CT molecular complexity index is 1160. The number of rotatable bonds is 9. The Hall–Kier alpha value is -3.34. The zero-order valence-corrected chi connectivity index (χ0v) is 18.2. The van der Waals surface area contributed by atoms with Crippen LogP contribution >= 0.6 is 11.3 Å². The number of carbonyl (C=O) groups excluding carboxylic acids is 1. The number of halogens is 3. The molecule has 0 unspecified atom stereocenters. The molecule has 7 nitrogen and oxygen atoms in total. The van der Waals surface area contributed by atoms with Crippen molar-refractivity contribution in [3.63, 3.8) is 0 Å². The minimum atomic E-state index is -4.78. The first-order valence-corrected chi connectivity index (χ1v) is 11.1. The molecule has 1 N–H and O–H groups in total. The first-order valence-electron chi connectivity index (χ1n) is 10.3. The number of ether oxygens (including phenoxy) is 1. The van der Waals surface area contributed by atoms with E-state index in [1.54, 1.807) is 6.07 Å². The first-order chi connectivity index (χ1) is 15.8. The van der Waals surface area contributed by atoms with Crippen molar-refractivity contribution in [3.8, 4) is 5.75 Å². The number of unbranched alkanes of at least 4 members (excludes halogenated alkanes) is 1. The summed E-state index contributed by atoms with van der Waals surface area (Å²) in [6.45, 7) is 0. The summed E-state index contributed by atoms with van der Waals surface area (Å²) in [4.78, 5) is 12.2. The lowest BCUT2D eigenvalue weighted by atomic mass is 10.1. The number of hydrogen-bond donors (Lipinski definition) is 1. The van der Waals surface area contributed by atoms with Gasteiger partial charge in [-0.05, 0) is 48.6 Å². The number of nitrogens with zero attached hydrogens (tertiary/aromatic N) is 4. The van der Waals surface area contributed by atoms with Gasteiger partial charge >= 0.3 is 6.36 Å². The summed E-state index contributed by atoms with van der Waals surface area (Å²) in [5.74, 6) is -0.764. The van der Waals surface area contributed by atoms with Gasteiger partial charge in [-0.3, -0.25) is 4.79 Å². The molecule has 0 atom stereocenters. The van der Waals surface area contributed by atoms with Crippen LogP contribution in [0, 0.1) is 0 Å². The molecule has 0 saturated heterocycles. The van der Waals surface area contributed by atoms with Gasteiger partial charge in [-0.1, -0.05) is 35.6 Å². The number of allylic oxidation sites excluding steroid dienone is 1. The van der Waals surface area contributed by atoms with Crippen LogP contribution in [0.1, 0.15) is 40.4 Å². The Kier molecular flexibility index (Phi) is 6.97. The average molecular weight is 475 g/mol. The van der Waals surface area contributed by atoms with Crippen molar-refractivity contribution >= 4 is 28.5 Å².